The van der Waals surface area contributed by atoms with Gasteiger partial charge in [-0.1, -0.05) is 5.11 Å². The first-order valence-corrected chi connectivity index (χ1v) is 4.46. The SMILES string of the molecule is [N-]=[N+]=NCCNC(=O)c1cc(O)ccc1O. The molecule has 1 amide bonds. The Morgan fingerprint density at radius 2 is 2.25 bits per heavy atom. The smallest absolute Gasteiger partial charge is 0.255 e. The highest BCUT2D eigenvalue weighted by atomic mass is 16.3. The lowest BCUT2D eigenvalue weighted by molar-refractivity contribution is 0.0951. The predicted molar refractivity (Wildman–Crippen MR) is 56.1 cm³/mol. The normalized spacial score (nSPS) is 9.25. The van der Waals surface area contributed by atoms with Crippen LogP contribution in [0.2, 0.25) is 0 Å². The minimum absolute atomic E-state index is 0.0269. The third-order valence-electron chi connectivity index (χ3n) is 1.79. The molecule has 1 aromatic rings. The molecule has 0 aliphatic rings. The van der Waals surface area contributed by atoms with Gasteiger partial charge in [-0.05, 0) is 23.7 Å². The number of rotatable bonds is 4. The highest BCUT2D eigenvalue weighted by molar-refractivity contribution is 5.97. The van der Waals surface area contributed by atoms with Gasteiger partial charge in [-0.3, -0.25) is 4.79 Å². The highest BCUT2D eigenvalue weighted by Crippen LogP contribution is 2.21. The summed E-state index contributed by atoms with van der Waals surface area (Å²) in [6.07, 6.45) is 0. The molecule has 0 saturated carbocycles. The van der Waals surface area contributed by atoms with E-state index in [1.807, 2.05) is 0 Å². The number of nitrogens with one attached hydrogen (secondary N) is 1. The molecular formula is C9H10N4O3. The summed E-state index contributed by atoms with van der Waals surface area (Å²) in [6.45, 7) is 0.291. The number of amides is 1. The van der Waals surface area contributed by atoms with Crippen molar-refractivity contribution in [2.24, 2.45) is 5.11 Å². The largest absolute Gasteiger partial charge is 0.508 e. The van der Waals surface area contributed by atoms with Crippen molar-refractivity contribution in [1.82, 2.24) is 5.32 Å². The van der Waals surface area contributed by atoms with Gasteiger partial charge in [-0.15, -0.1) is 0 Å². The molecule has 0 heterocycles. The van der Waals surface area contributed by atoms with Gasteiger partial charge in [0.1, 0.15) is 11.5 Å². The maximum absolute atomic E-state index is 11.5. The van der Waals surface area contributed by atoms with Gasteiger partial charge in [0, 0.05) is 18.0 Å². The van der Waals surface area contributed by atoms with Crippen LogP contribution in [-0.4, -0.2) is 29.2 Å². The van der Waals surface area contributed by atoms with Crippen molar-refractivity contribution in [3.05, 3.63) is 34.2 Å². The summed E-state index contributed by atoms with van der Waals surface area (Å²) in [4.78, 5) is 14.0. The molecule has 0 radical (unpaired) electrons. The minimum atomic E-state index is -0.540. The Labute approximate surface area is 91.0 Å². The van der Waals surface area contributed by atoms with Crippen LogP contribution < -0.4 is 5.32 Å². The number of phenolic OH excluding ortho intramolecular Hbond substituents is 2. The number of carbonyl (C=O) groups excluding carboxylic acids is 1. The fraction of sp³-hybridized carbons (Fsp3) is 0.222. The number of nitrogens with zero attached hydrogens (tertiary/aromatic N) is 3. The van der Waals surface area contributed by atoms with Crippen LogP contribution in [0.25, 0.3) is 10.4 Å². The molecule has 1 rings (SSSR count). The number of aromatic hydroxyl groups is 2. The topological polar surface area (TPSA) is 118 Å². The van der Waals surface area contributed by atoms with Crippen molar-refractivity contribution < 1.29 is 15.0 Å². The van der Waals surface area contributed by atoms with Crippen molar-refractivity contribution in [3.8, 4) is 11.5 Å². The zero-order valence-electron chi connectivity index (χ0n) is 8.29. The molecule has 84 valence electrons. The van der Waals surface area contributed by atoms with Crippen molar-refractivity contribution in [1.29, 1.82) is 0 Å². The van der Waals surface area contributed by atoms with E-state index in [0.717, 1.165) is 6.07 Å². The molecule has 0 spiro atoms. The average Bonchev–Trinajstić information content (AvgIpc) is 2.27. The molecule has 0 unspecified atom stereocenters. The van der Waals surface area contributed by atoms with E-state index in [-0.39, 0.29) is 30.2 Å². The summed E-state index contributed by atoms with van der Waals surface area (Å²) in [6, 6.07) is 3.64. The Kier molecular flexibility index (Phi) is 3.99. The number of hydrogen-bond donors (Lipinski definition) is 3. The summed E-state index contributed by atoms with van der Waals surface area (Å²) in [5.74, 6) is -0.876. The molecular weight excluding hydrogens is 212 g/mol. The Morgan fingerprint density at radius 1 is 1.50 bits per heavy atom. The molecule has 0 atom stereocenters. The molecule has 0 saturated heterocycles. The lowest BCUT2D eigenvalue weighted by Gasteiger charge is -2.05. The Balaban J connectivity index is 2.65. The number of hydrogen-bond acceptors (Lipinski definition) is 4. The van der Waals surface area contributed by atoms with Crippen LogP contribution in [0.3, 0.4) is 0 Å². The van der Waals surface area contributed by atoms with E-state index in [4.69, 9.17) is 10.6 Å². The molecule has 3 N–H and O–H groups in total. The standard InChI is InChI=1S/C9H10N4O3/c10-13-12-4-3-11-9(16)7-5-6(14)1-2-8(7)15/h1-2,5,14-15H,3-4H2,(H,11,16). The predicted octanol–water partition coefficient (Wildman–Crippen LogP) is 1.14. The molecule has 7 heteroatoms. The van der Waals surface area contributed by atoms with Crippen LogP contribution >= 0.6 is 0 Å². The molecule has 0 fully saturated rings. The monoisotopic (exact) mass is 222 g/mol. The first-order valence-electron chi connectivity index (χ1n) is 4.46. The van der Waals surface area contributed by atoms with E-state index in [0.29, 0.717) is 0 Å². The molecule has 0 aliphatic carbocycles. The van der Waals surface area contributed by atoms with E-state index in [1.54, 1.807) is 0 Å². The fourth-order valence-electron chi connectivity index (χ4n) is 1.07. The third-order valence-corrected chi connectivity index (χ3v) is 1.79. The number of carbonyl (C=O) groups is 1. The fourth-order valence-corrected chi connectivity index (χ4v) is 1.07. The molecule has 0 aromatic heterocycles. The Bertz CT molecular complexity index is 440. The zero-order chi connectivity index (χ0) is 12.0. The van der Waals surface area contributed by atoms with Crippen molar-refractivity contribution in [3.63, 3.8) is 0 Å². The first kappa shape index (κ1) is 11.7. The summed E-state index contributed by atoms with van der Waals surface area (Å²) in [7, 11) is 0. The van der Waals surface area contributed by atoms with Gasteiger partial charge in [0.15, 0.2) is 0 Å². The summed E-state index contributed by atoms with van der Waals surface area (Å²) in [5, 5.41) is 24.2. The minimum Gasteiger partial charge on any atom is -0.508 e. The lowest BCUT2D eigenvalue weighted by atomic mass is 10.2. The molecule has 1 aromatic carbocycles. The average molecular weight is 222 g/mol. The van der Waals surface area contributed by atoms with Crippen molar-refractivity contribution in [2.45, 2.75) is 0 Å². The Hall–Kier alpha value is -2.40. The van der Waals surface area contributed by atoms with Crippen molar-refractivity contribution in [2.75, 3.05) is 13.1 Å². The second-order valence-corrected chi connectivity index (χ2v) is 2.91. The van der Waals surface area contributed by atoms with Crippen LogP contribution in [0, 0.1) is 0 Å². The van der Waals surface area contributed by atoms with Crippen LogP contribution in [0.1, 0.15) is 10.4 Å². The van der Waals surface area contributed by atoms with E-state index in [2.05, 4.69) is 15.3 Å². The van der Waals surface area contributed by atoms with Gasteiger partial charge < -0.3 is 15.5 Å². The van der Waals surface area contributed by atoms with E-state index in [9.17, 15) is 9.90 Å². The quantitative estimate of drug-likeness (QED) is 0.233. The third kappa shape index (κ3) is 3.07. The van der Waals surface area contributed by atoms with E-state index in [1.165, 1.54) is 12.1 Å². The van der Waals surface area contributed by atoms with Gasteiger partial charge in [0.25, 0.3) is 5.91 Å². The van der Waals surface area contributed by atoms with E-state index >= 15 is 0 Å². The number of phenols is 2. The van der Waals surface area contributed by atoms with Crippen LogP contribution in [0.5, 0.6) is 11.5 Å². The molecule has 7 nitrogen and oxygen atoms in total. The van der Waals surface area contributed by atoms with E-state index < -0.39 is 5.91 Å². The lowest BCUT2D eigenvalue weighted by Crippen LogP contribution is -2.25. The maximum atomic E-state index is 11.5. The van der Waals surface area contributed by atoms with Crippen LogP contribution in [-0.2, 0) is 0 Å². The second-order valence-electron chi connectivity index (χ2n) is 2.91. The zero-order valence-corrected chi connectivity index (χ0v) is 8.29. The highest BCUT2D eigenvalue weighted by Gasteiger charge is 2.10. The van der Waals surface area contributed by atoms with Crippen LogP contribution in [0.4, 0.5) is 0 Å². The van der Waals surface area contributed by atoms with Gasteiger partial charge in [-0.25, -0.2) is 0 Å². The van der Waals surface area contributed by atoms with Gasteiger partial charge in [-0.2, -0.15) is 0 Å². The second kappa shape index (κ2) is 5.47. The molecule has 0 aliphatic heterocycles. The van der Waals surface area contributed by atoms with Crippen molar-refractivity contribution >= 4 is 5.91 Å². The maximum Gasteiger partial charge on any atom is 0.255 e. The Morgan fingerprint density at radius 3 is 2.94 bits per heavy atom. The number of benzene rings is 1. The molecule has 0 bridgehead atoms. The van der Waals surface area contributed by atoms with Gasteiger partial charge >= 0.3 is 0 Å². The van der Waals surface area contributed by atoms with Gasteiger partial charge in [0.05, 0.1) is 5.56 Å². The molecule has 16 heavy (non-hydrogen) atoms. The summed E-state index contributed by atoms with van der Waals surface area (Å²) < 4.78 is 0. The summed E-state index contributed by atoms with van der Waals surface area (Å²) in [5.41, 5.74) is 7.97. The van der Waals surface area contributed by atoms with Gasteiger partial charge in [0.2, 0.25) is 0 Å². The number of azide groups is 1. The first-order chi connectivity index (χ1) is 7.65. The van der Waals surface area contributed by atoms with Crippen LogP contribution in [0.15, 0.2) is 23.3 Å². The summed E-state index contributed by atoms with van der Waals surface area (Å²) >= 11 is 0.